The zero-order chi connectivity index (χ0) is 8.36. The third-order valence-corrected chi connectivity index (χ3v) is 2.29. The Kier molecular flexibility index (Phi) is 18.9. The van der Waals surface area contributed by atoms with Gasteiger partial charge < -0.3 is 12.6 Å². The van der Waals surface area contributed by atoms with E-state index in [-0.39, 0.29) is 22.4 Å². The topological polar surface area (TPSA) is 0 Å². The molecule has 0 aliphatic rings. The summed E-state index contributed by atoms with van der Waals surface area (Å²) in [5.41, 5.74) is 0. The van der Waals surface area contributed by atoms with Crippen LogP contribution >= 0.6 is 0 Å². The first-order valence-electron chi connectivity index (χ1n) is 5.00. The molecule has 0 aromatic heterocycles. The van der Waals surface area contributed by atoms with Crippen molar-refractivity contribution >= 4 is 12.6 Å². The van der Waals surface area contributed by atoms with Gasteiger partial charge in [-0.15, -0.1) is 0 Å². The van der Waals surface area contributed by atoms with Gasteiger partial charge in [0.2, 0.25) is 0 Å². The van der Waals surface area contributed by atoms with Crippen LogP contribution in [-0.4, -0.2) is 5.75 Å². The molecule has 12 heavy (non-hydrogen) atoms. The van der Waals surface area contributed by atoms with E-state index in [1.807, 2.05) is 0 Å². The Morgan fingerprint density at radius 1 is 0.750 bits per heavy atom. The minimum Gasteiger partial charge on any atom is -0.793 e. The standard InChI is InChI=1S/C10H22S.Ag/c1-2-3-4-5-6-7-8-9-10-11;/h11H,2-10H2,1H3;/q;+1/p-1. The molecule has 0 saturated carbocycles. The summed E-state index contributed by atoms with van der Waals surface area (Å²) in [7, 11) is 0. The summed E-state index contributed by atoms with van der Waals surface area (Å²) in [6, 6.07) is 0. The summed E-state index contributed by atoms with van der Waals surface area (Å²) < 4.78 is 0. The molecule has 0 radical (unpaired) electrons. The molecule has 2 heteroatoms. The second-order valence-corrected chi connectivity index (χ2v) is 3.59. The second kappa shape index (κ2) is 14.6. The van der Waals surface area contributed by atoms with Crippen LogP contribution in [0, 0.1) is 0 Å². The van der Waals surface area contributed by atoms with Crippen LogP contribution in [0.3, 0.4) is 0 Å². The van der Waals surface area contributed by atoms with E-state index in [9.17, 15) is 0 Å². The first kappa shape index (κ1) is 15.6. The van der Waals surface area contributed by atoms with Gasteiger partial charge in [0.15, 0.2) is 0 Å². The van der Waals surface area contributed by atoms with Gasteiger partial charge in [0.05, 0.1) is 0 Å². The molecule has 78 valence electrons. The Balaban J connectivity index is 0. The molecule has 0 amide bonds. The zero-order valence-electron chi connectivity index (χ0n) is 8.07. The number of hydrogen-bond acceptors (Lipinski definition) is 1. The Morgan fingerprint density at radius 3 is 1.58 bits per heavy atom. The number of rotatable bonds is 8. The maximum absolute atomic E-state index is 4.87. The Bertz CT molecular complexity index is 58.9. The minimum atomic E-state index is 0. The number of hydrogen-bond donors (Lipinski definition) is 0. The van der Waals surface area contributed by atoms with Crippen LogP contribution in [0.5, 0.6) is 0 Å². The third kappa shape index (κ3) is 13.7. The van der Waals surface area contributed by atoms with Crippen LogP contribution in [0.1, 0.15) is 58.3 Å². The van der Waals surface area contributed by atoms with Crippen LogP contribution in [-0.2, 0) is 35.0 Å². The van der Waals surface area contributed by atoms with Crippen LogP contribution in [0.15, 0.2) is 0 Å². The zero-order valence-corrected chi connectivity index (χ0v) is 10.4. The molecular formula is C10H21AgS. The van der Waals surface area contributed by atoms with Crippen molar-refractivity contribution in [1.29, 1.82) is 0 Å². The maximum atomic E-state index is 4.87. The van der Waals surface area contributed by atoms with E-state index in [1.165, 1.54) is 51.4 Å². The van der Waals surface area contributed by atoms with Crippen molar-refractivity contribution in [2.45, 2.75) is 58.3 Å². The molecule has 0 heterocycles. The average Bonchev–Trinajstić information content (AvgIpc) is 2.03. The van der Waals surface area contributed by atoms with Crippen LogP contribution < -0.4 is 0 Å². The molecule has 0 aliphatic carbocycles. The van der Waals surface area contributed by atoms with Gasteiger partial charge in [-0.05, 0) is 0 Å². The largest absolute Gasteiger partial charge is 1.00 e. The van der Waals surface area contributed by atoms with Crippen molar-refractivity contribution in [3.63, 3.8) is 0 Å². The van der Waals surface area contributed by atoms with E-state index in [2.05, 4.69) is 6.92 Å². The molecule has 0 aliphatic heterocycles. The van der Waals surface area contributed by atoms with Gasteiger partial charge in [-0.1, -0.05) is 58.3 Å². The summed E-state index contributed by atoms with van der Waals surface area (Å²) in [6.45, 7) is 2.26. The van der Waals surface area contributed by atoms with Crippen LogP contribution in [0.2, 0.25) is 0 Å². The van der Waals surface area contributed by atoms with Crippen molar-refractivity contribution in [1.82, 2.24) is 0 Å². The average molecular weight is 281 g/mol. The minimum absolute atomic E-state index is 0. The van der Waals surface area contributed by atoms with Gasteiger partial charge in [-0.3, -0.25) is 0 Å². The molecule has 0 nitrogen and oxygen atoms in total. The molecule has 0 aromatic rings. The smallest absolute Gasteiger partial charge is 0.793 e. The molecule has 0 fully saturated rings. The van der Waals surface area contributed by atoms with Crippen molar-refractivity contribution in [3.8, 4) is 0 Å². The fourth-order valence-corrected chi connectivity index (χ4v) is 1.44. The summed E-state index contributed by atoms with van der Waals surface area (Å²) in [6.07, 6.45) is 11.1. The van der Waals surface area contributed by atoms with E-state index in [4.69, 9.17) is 12.6 Å². The summed E-state index contributed by atoms with van der Waals surface area (Å²) in [4.78, 5) is 0. The van der Waals surface area contributed by atoms with Gasteiger partial charge in [0.25, 0.3) is 0 Å². The van der Waals surface area contributed by atoms with Gasteiger partial charge in [0, 0.05) is 0 Å². The summed E-state index contributed by atoms with van der Waals surface area (Å²) >= 11 is 4.87. The summed E-state index contributed by atoms with van der Waals surface area (Å²) in [5, 5.41) is 0. The van der Waals surface area contributed by atoms with Crippen LogP contribution in [0.4, 0.5) is 0 Å². The maximum Gasteiger partial charge on any atom is 1.00 e. The fourth-order valence-electron chi connectivity index (χ4n) is 1.24. The third-order valence-electron chi connectivity index (χ3n) is 2.00. The van der Waals surface area contributed by atoms with E-state index in [0.717, 1.165) is 5.75 Å². The summed E-state index contributed by atoms with van der Waals surface area (Å²) in [5.74, 6) is 0.953. The SMILES string of the molecule is CCCCCCCCCC[S-].[Ag+]. The molecule has 0 atom stereocenters. The van der Waals surface area contributed by atoms with Gasteiger partial charge >= 0.3 is 22.4 Å². The first-order chi connectivity index (χ1) is 5.41. The molecule has 0 saturated heterocycles. The molecule has 0 rings (SSSR count). The van der Waals surface area contributed by atoms with Gasteiger partial charge in [-0.25, -0.2) is 0 Å². The first-order valence-corrected chi connectivity index (χ1v) is 5.57. The Hall–Kier alpha value is 1.09. The van der Waals surface area contributed by atoms with E-state index < -0.39 is 0 Å². The Labute approximate surface area is 98.8 Å². The number of unbranched alkanes of at least 4 members (excludes halogenated alkanes) is 7. The Morgan fingerprint density at radius 2 is 1.17 bits per heavy atom. The fraction of sp³-hybridized carbons (Fsp3) is 1.00. The van der Waals surface area contributed by atoms with Crippen LogP contribution in [0.25, 0.3) is 0 Å². The molecule has 0 unspecified atom stereocenters. The predicted octanol–water partition coefficient (Wildman–Crippen LogP) is 3.67. The normalized spacial score (nSPS) is 9.50. The quantitative estimate of drug-likeness (QED) is 0.371. The molecular weight excluding hydrogens is 260 g/mol. The van der Waals surface area contributed by atoms with Crippen molar-refractivity contribution in [2.75, 3.05) is 5.75 Å². The van der Waals surface area contributed by atoms with Crippen molar-refractivity contribution in [2.24, 2.45) is 0 Å². The van der Waals surface area contributed by atoms with Gasteiger partial charge in [0.1, 0.15) is 0 Å². The molecule has 0 N–H and O–H groups in total. The van der Waals surface area contributed by atoms with Gasteiger partial charge in [-0.2, -0.15) is 5.75 Å². The predicted molar refractivity (Wildman–Crippen MR) is 54.8 cm³/mol. The van der Waals surface area contributed by atoms with E-state index >= 15 is 0 Å². The van der Waals surface area contributed by atoms with Crippen molar-refractivity contribution in [3.05, 3.63) is 0 Å². The monoisotopic (exact) mass is 280 g/mol. The molecule has 0 bridgehead atoms. The van der Waals surface area contributed by atoms with Crippen molar-refractivity contribution < 1.29 is 22.4 Å². The van der Waals surface area contributed by atoms with E-state index in [1.54, 1.807) is 0 Å². The van der Waals surface area contributed by atoms with E-state index in [0.29, 0.717) is 0 Å². The second-order valence-electron chi connectivity index (χ2n) is 3.18. The molecule has 0 aromatic carbocycles. The molecule has 0 spiro atoms.